The minimum atomic E-state index is 0. The number of isocyanates is 1. The van der Waals surface area contributed by atoms with Crippen LogP contribution in [-0.2, 0) is 21.3 Å². The molecule has 0 fully saturated rings. The predicted molar refractivity (Wildman–Crippen MR) is 81.8 cm³/mol. The molecule has 0 saturated carbocycles. The van der Waals surface area contributed by atoms with Gasteiger partial charge in [-0.3, -0.25) is 4.79 Å². The maximum absolute atomic E-state index is 8.24. The van der Waals surface area contributed by atoms with Gasteiger partial charge in [-0.15, -0.1) is 71.8 Å². The molecule has 1 heterocycles. The maximum Gasteiger partial charge on any atom is 3.00 e. The first-order valence-corrected chi connectivity index (χ1v) is 6.27. The fraction of sp³-hybridized carbons (Fsp3) is 0. The molecule has 0 aliphatic heterocycles. The fourth-order valence-electron chi connectivity index (χ4n) is 1.84. The summed E-state index contributed by atoms with van der Waals surface area (Å²) in [7, 11) is 0. The number of hydrogen-bond acceptors (Lipinski definition) is 2. The van der Waals surface area contributed by atoms with Gasteiger partial charge in [0.25, 0.3) is 0 Å². The average Bonchev–Trinajstić information content (AvgIpc) is 2.57. The van der Waals surface area contributed by atoms with Gasteiger partial charge in [-0.25, -0.2) is 0 Å². The van der Waals surface area contributed by atoms with E-state index in [1.165, 1.54) is 0 Å². The molecule has 1 radical (unpaired) electrons. The van der Waals surface area contributed by atoms with E-state index in [1.54, 1.807) is 0 Å². The van der Waals surface area contributed by atoms with Crippen molar-refractivity contribution in [2.75, 3.05) is 0 Å². The van der Waals surface area contributed by atoms with Gasteiger partial charge in [-0.1, -0.05) is 18.2 Å². The van der Waals surface area contributed by atoms with Crippen molar-refractivity contribution in [3.63, 3.8) is 0 Å². The van der Waals surface area contributed by atoms with Crippen molar-refractivity contribution in [3.8, 4) is 22.5 Å². The Kier molecular flexibility index (Phi) is 7.49. The second-order valence-electron chi connectivity index (χ2n) is 4.05. The molecule has 0 atom stereocenters. The van der Waals surface area contributed by atoms with Crippen molar-refractivity contribution in [3.05, 3.63) is 84.3 Å². The minimum absolute atomic E-state index is 0. The molecule has 3 rings (SSSR count). The quantitative estimate of drug-likeness (QED) is 0.310. The van der Waals surface area contributed by atoms with Crippen molar-refractivity contribution in [1.82, 2.24) is 4.98 Å². The van der Waals surface area contributed by atoms with Gasteiger partial charge in [0, 0.05) is 0 Å². The first-order chi connectivity index (χ1) is 10.3. The van der Waals surface area contributed by atoms with Crippen molar-refractivity contribution in [1.29, 1.82) is 0 Å². The first-order valence-electron chi connectivity index (χ1n) is 6.27. The second-order valence-corrected chi connectivity index (χ2v) is 4.05. The van der Waals surface area contributed by atoms with Crippen LogP contribution in [0.15, 0.2) is 66.7 Å². The molecule has 0 aliphatic rings. The average molecular weight is 330 g/mol. The first kappa shape index (κ1) is 17.5. The number of carbonyl (C=O) groups excluding carboxylic acids is 1. The molecule has 0 bridgehead atoms. The van der Waals surface area contributed by atoms with Crippen LogP contribution in [0.2, 0.25) is 0 Å². The van der Waals surface area contributed by atoms with E-state index in [4.69, 9.17) is 10.2 Å². The molecule has 0 amide bonds. The maximum atomic E-state index is 8.24. The van der Waals surface area contributed by atoms with Crippen LogP contribution < -0.4 is 0 Å². The molecular formula is C18H11N2NiO. The van der Waals surface area contributed by atoms with E-state index in [0.717, 1.165) is 22.5 Å². The Labute approximate surface area is 139 Å². The van der Waals surface area contributed by atoms with E-state index in [-0.39, 0.29) is 16.5 Å². The Hall–Kier alpha value is -2.54. The number of pyridine rings is 1. The Morgan fingerprint density at radius 3 is 1.64 bits per heavy atom. The van der Waals surface area contributed by atoms with Crippen molar-refractivity contribution < 1.29 is 21.3 Å². The van der Waals surface area contributed by atoms with E-state index in [9.17, 15) is 0 Å². The molecule has 0 aliphatic carbocycles. The van der Waals surface area contributed by atoms with Crippen molar-refractivity contribution >= 4 is 6.08 Å². The number of rotatable bonds is 2. The van der Waals surface area contributed by atoms with Gasteiger partial charge in [-0.05, 0) is 17.5 Å². The van der Waals surface area contributed by atoms with E-state index in [1.807, 2.05) is 66.7 Å². The number of nitrogens with zero attached hydrogens (tertiary/aromatic N) is 2. The van der Waals surface area contributed by atoms with Crippen LogP contribution >= 0.6 is 0 Å². The largest absolute Gasteiger partial charge is 3.00 e. The van der Waals surface area contributed by atoms with Gasteiger partial charge in [0.15, 0.2) is 0 Å². The topological polar surface area (TPSA) is 52.3 Å². The van der Waals surface area contributed by atoms with Crippen LogP contribution in [0.5, 0.6) is 0 Å². The number of aromatic nitrogens is 1. The summed E-state index contributed by atoms with van der Waals surface area (Å²) in [6.45, 7) is 0. The molecule has 109 valence electrons. The van der Waals surface area contributed by atoms with E-state index in [0.29, 0.717) is 6.08 Å². The Morgan fingerprint density at radius 2 is 1.27 bits per heavy atom. The molecule has 0 saturated heterocycles. The van der Waals surface area contributed by atoms with Gasteiger partial charge >= 0.3 is 16.5 Å². The van der Waals surface area contributed by atoms with E-state index < -0.39 is 0 Å². The van der Waals surface area contributed by atoms with Gasteiger partial charge in [0.1, 0.15) is 0 Å². The summed E-state index contributed by atoms with van der Waals surface area (Å²) in [5.74, 6) is 0. The zero-order chi connectivity index (χ0) is 14.9. The molecule has 4 heteroatoms. The monoisotopic (exact) mass is 329 g/mol. The third-order valence-electron chi connectivity index (χ3n) is 2.72. The molecule has 0 spiro atoms. The molecule has 3 nitrogen and oxygen atoms in total. The van der Waals surface area contributed by atoms with Gasteiger partial charge < -0.3 is 10.4 Å². The smallest absolute Gasteiger partial charge is 0.724 e. The summed E-state index contributed by atoms with van der Waals surface area (Å²) in [5.41, 5.74) is 3.89. The van der Waals surface area contributed by atoms with Crippen LogP contribution in [0.3, 0.4) is 0 Å². The zero-order valence-electron chi connectivity index (χ0n) is 11.5. The summed E-state index contributed by atoms with van der Waals surface area (Å²) in [6, 6.07) is 28.1. The standard InChI is InChI=1S/C17H11N.CNO.Ni/c1-3-8-14(9-4-1)16-12-7-13-17(18-16)15-10-5-2-6-11-15;2-1-3;/h1-8,10,12-13H;;/q-2;-1;+3. The molecule has 22 heavy (non-hydrogen) atoms. The van der Waals surface area contributed by atoms with Crippen LogP contribution in [0.1, 0.15) is 0 Å². The predicted octanol–water partition coefficient (Wildman–Crippen LogP) is 3.91. The molecule has 3 aromatic rings. The van der Waals surface area contributed by atoms with Crippen LogP contribution in [0.4, 0.5) is 0 Å². The summed E-state index contributed by atoms with van der Waals surface area (Å²) >= 11 is 0. The van der Waals surface area contributed by atoms with Crippen molar-refractivity contribution in [2.24, 2.45) is 0 Å². The SMILES string of the molecule is [N-]=C=O.[Ni+3].[c-]1ccccc1-c1cccc(-c2[c-]cccc2)n1. The van der Waals surface area contributed by atoms with E-state index in [2.05, 4.69) is 17.1 Å². The van der Waals surface area contributed by atoms with Gasteiger partial charge in [0.2, 0.25) is 0 Å². The van der Waals surface area contributed by atoms with Crippen LogP contribution in [-0.4, -0.2) is 11.1 Å². The van der Waals surface area contributed by atoms with E-state index >= 15 is 0 Å². The Bertz CT molecular complexity index is 670. The normalized spacial score (nSPS) is 8.73. The number of hydrogen-bond donors (Lipinski definition) is 0. The zero-order valence-corrected chi connectivity index (χ0v) is 12.5. The van der Waals surface area contributed by atoms with Crippen LogP contribution in [0.25, 0.3) is 27.9 Å². The third-order valence-corrected chi connectivity index (χ3v) is 2.72. The second kappa shape index (κ2) is 9.41. The molecular weight excluding hydrogens is 319 g/mol. The summed E-state index contributed by atoms with van der Waals surface area (Å²) in [4.78, 5) is 12.9. The van der Waals surface area contributed by atoms with Crippen molar-refractivity contribution in [2.45, 2.75) is 0 Å². The fourth-order valence-corrected chi connectivity index (χ4v) is 1.84. The summed E-state index contributed by atoms with van der Waals surface area (Å²) in [5, 5.41) is 6.76. The van der Waals surface area contributed by atoms with Crippen LogP contribution in [0, 0.1) is 12.1 Å². The van der Waals surface area contributed by atoms with Gasteiger partial charge in [-0.2, -0.15) is 0 Å². The molecule has 1 aromatic heterocycles. The number of benzene rings is 2. The molecule has 0 unspecified atom stereocenters. The summed E-state index contributed by atoms with van der Waals surface area (Å²) < 4.78 is 0. The third kappa shape index (κ3) is 4.78. The molecule has 0 N–H and O–H groups in total. The Morgan fingerprint density at radius 1 is 0.818 bits per heavy atom. The summed E-state index contributed by atoms with van der Waals surface area (Å²) in [6.07, 6.45) is 0.500. The van der Waals surface area contributed by atoms with Gasteiger partial charge in [0.05, 0.1) is 0 Å². The molecule has 2 aromatic carbocycles. The minimum Gasteiger partial charge on any atom is -0.724 e. The Balaban J connectivity index is 0.000000562.